The molecule has 1 saturated heterocycles. The summed E-state index contributed by atoms with van der Waals surface area (Å²) in [5, 5.41) is 14.3. The highest BCUT2D eigenvalue weighted by Crippen LogP contribution is 2.29. The number of hydrogen-bond donors (Lipinski definition) is 1. The lowest BCUT2D eigenvalue weighted by Gasteiger charge is -2.31. The van der Waals surface area contributed by atoms with Gasteiger partial charge in [0, 0.05) is 38.8 Å². The van der Waals surface area contributed by atoms with Gasteiger partial charge in [0.1, 0.15) is 5.69 Å². The van der Waals surface area contributed by atoms with E-state index in [1.807, 2.05) is 25.8 Å². The van der Waals surface area contributed by atoms with Crippen molar-refractivity contribution in [2.75, 3.05) is 45.1 Å². The maximum atomic E-state index is 12.7. The minimum absolute atomic E-state index is 0.0335. The second-order valence-electron chi connectivity index (χ2n) is 6.42. The van der Waals surface area contributed by atoms with Crippen LogP contribution >= 0.6 is 0 Å². The number of sulfonamides is 1. The van der Waals surface area contributed by atoms with Crippen molar-refractivity contribution in [2.24, 2.45) is 5.92 Å². The summed E-state index contributed by atoms with van der Waals surface area (Å²) in [4.78, 5) is 12.8. The van der Waals surface area contributed by atoms with E-state index < -0.39 is 14.9 Å². The lowest BCUT2D eigenvalue weighted by molar-refractivity contribution is -0.384. The summed E-state index contributed by atoms with van der Waals surface area (Å²) in [5.41, 5.74) is 0.122. The second kappa shape index (κ2) is 7.45. The predicted octanol–water partition coefficient (Wildman–Crippen LogP) is 1.60. The van der Waals surface area contributed by atoms with Crippen LogP contribution in [0.3, 0.4) is 0 Å². The van der Waals surface area contributed by atoms with Crippen molar-refractivity contribution in [1.82, 2.24) is 9.21 Å². The average Bonchev–Trinajstić information content (AvgIpc) is 2.53. The van der Waals surface area contributed by atoms with E-state index in [1.54, 1.807) is 0 Å². The van der Waals surface area contributed by atoms with Crippen LogP contribution in [-0.4, -0.2) is 62.3 Å². The van der Waals surface area contributed by atoms with Crippen molar-refractivity contribution in [1.29, 1.82) is 0 Å². The van der Waals surface area contributed by atoms with Crippen LogP contribution in [0.2, 0.25) is 0 Å². The number of nitrogens with zero attached hydrogens (tertiary/aromatic N) is 3. The SMILES string of the molecule is CC(C)CNc1ccc(S(=O)(=O)N2CCN(C)CC2)cc1[N+](=O)[O-]. The Morgan fingerprint density at radius 2 is 1.88 bits per heavy atom. The first-order valence-electron chi connectivity index (χ1n) is 7.93. The lowest BCUT2D eigenvalue weighted by Crippen LogP contribution is -2.47. The van der Waals surface area contributed by atoms with E-state index in [1.165, 1.54) is 16.4 Å². The van der Waals surface area contributed by atoms with Crippen LogP contribution in [0.1, 0.15) is 13.8 Å². The third-order valence-electron chi connectivity index (χ3n) is 3.97. The molecule has 24 heavy (non-hydrogen) atoms. The van der Waals surface area contributed by atoms with Crippen LogP contribution in [0, 0.1) is 16.0 Å². The van der Waals surface area contributed by atoms with Gasteiger partial charge < -0.3 is 10.2 Å². The summed E-state index contributed by atoms with van der Waals surface area (Å²) < 4.78 is 26.8. The lowest BCUT2D eigenvalue weighted by atomic mass is 10.2. The number of rotatable bonds is 6. The summed E-state index contributed by atoms with van der Waals surface area (Å²) in [7, 11) is -1.78. The summed E-state index contributed by atoms with van der Waals surface area (Å²) >= 11 is 0. The van der Waals surface area contributed by atoms with Crippen molar-refractivity contribution in [3.8, 4) is 0 Å². The molecule has 0 radical (unpaired) electrons. The van der Waals surface area contributed by atoms with Crippen LogP contribution in [0.5, 0.6) is 0 Å². The van der Waals surface area contributed by atoms with Gasteiger partial charge in [0.15, 0.2) is 0 Å². The second-order valence-corrected chi connectivity index (χ2v) is 8.36. The molecule has 9 heteroatoms. The third kappa shape index (κ3) is 4.22. The summed E-state index contributed by atoms with van der Waals surface area (Å²) in [5.74, 6) is 0.318. The van der Waals surface area contributed by atoms with E-state index in [0.717, 1.165) is 6.07 Å². The van der Waals surface area contributed by atoms with Gasteiger partial charge >= 0.3 is 0 Å². The molecule has 0 unspecified atom stereocenters. The van der Waals surface area contributed by atoms with Crippen LogP contribution in [0.15, 0.2) is 23.1 Å². The molecule has 1 aromatic carbocycles. The molecule has 0 bridgehead atoms. The molecule has 0 spiro atoms. The Balaban J connectivity index is 2.30. The molecule has 8 nitrogen and oxygen atoms in total. The fourth-order valence-corrected chi connectivity index (χ4v) is 3.91. The number of nitro groups is 1. The van der Waals surface area contributed by atoms with Crippen molar-refractivity contribution in [3.63, 3.8) is 0 Å². The number of benzene rings is 1. The van der Waals surface area contributed by atoms with Gasteiger partial charge in [-0.25, -0.2) is 8.42 Å². The number of likely N-dealkylation sites (N-methyl/N-ethyl adjacent to an activating group) is 1. The first-order chi connectivity index (χ1) is 11.2. The third-order valence-corrected chi connectivity index (χ3v) is 5.86. The van der Waals surface area contributed by atoms with Gasteiger partial charge in [0.05, 0.1) is 9.82 Å². The Morgan fingerprint density at radius 1 is 1.25 bits per heavy atom. The molecule has 1 aliphatic heterocycles. The topological polar surface area (TPSA) is 95.8 Å². The standard InChI is InChI=1S/C15H24N4O4S/c1-12(2)11-16-14-5-4-13(10-15(14)19(20)21)24(22,23)18-8-6-17(3)7-9-18/h4-5,10,12,16H,6-9,11H2,1-3H3. The molecule has 0 saturated carbocycles. The van der Waals surface area contributed by atoms with Crippen molar-refractivity contribution in [3.05, 3.63) is 28.3 Å². The smallest absolute Gasteiger partial charge is 0.293 e. The minimum Gasteiger partial charge on any atom is -0.379 e. The molecule has 134 valence electrons. The van der Waals surface area contributed by atoms with Crippen LogP contribution in [0.25, 0.3) is 0 Å². The Bertz CT molecular complexity index is 697. The van der Waals surface area contributed by atoms with Gasteiger partial charge in [0.2, 0.25) is 10.0 Å². The van der Waals surface area contributed by atoms with Gasteiger partial charge in [-0.15, -0.1) is 0 Å². The molecule has 0 amide bonds. The van der Waals surface area contributed by atoms with Crippen molar-refractivity contribution < 1.29 is 13.3 Å². The number of nitro benzene ring substituents is 1. The quantitative estimate of drug-likeness (QED) is 0.614. The maximum absolute atomic E-state index is 12.7. The molecule has 0 atom stereocenters. The fraction of sp³-hybridized carbons (Fsp3) is 0.600. The Labute approximate surface area is 142 Å². The maximum Gasteiger partial charge on any atom is 0.293 e. The molecule has 1 aliphatic rings. The zero-order chi connectivity index (χ0) is 17.9. The average molecular weight is 356 g/mol. The number of nitrogens with one attached hydrogen (secondary N) is 1. The number of hydrogen-bond acceptors (Lipinski definition) is 6. The van der Waals surface area contributed by atoms with Crippen LogP contribution in [-0.2, 0) is 10.0 Å². The van der Waals surface area contributed by atoms with E-state index in [-0.39, 0.29) is 10.6 Å². The molecular formula is C15H24N4O4S. The number of anilines is 1. The molecular weight excluding hydrogens is 332 g/mol. The molecule has 1 aromatic rings. The summed E-state index contributed by atoms with van der Waals surface area (Å²) in [6, 6.07) is 4.06. The van der Waals surface area contributed by atoms with Gasteiger partial charge in [-0.2, -0.15) is 4.31 Å². The van der Waals surface area contributed by atoms with Gasteiger partial charge in [-0.1, -0.05) is 13.8 Å². The van der Waals surface area contributed by atoms with E-state index in [2.05, 4.69) is 5.32 Å². The normalized spacial score (nSPS) is 17.2. The largest absolute Gasteiger partial charge is 0.379 e. The van der Waals surface area contributed by atoms with E-state index in [9.17, 15) is 18.5 Å². The van der Waals surface area contributed by atoms with E-state index in [4.69, 9.17) is 0 Å². The minimum atomic E-state index is -3.72. The molecule has 0 aromatic heterocycles. The first-order valence-corrected chi connectivity index (χ1v) is 9.37. The monoisotopic (exact) mass is 356 g/mol. The number of piperazine rings is 1. The molecule has 1 heterocycles. The summed E-state index contributed by atoms with van der Waals surface area (Å²) in [6.07, 6.45) is 0. The van der Waals surface area contributed by atoms with Crippen molar-refractivity contribution >= 4 is 21.4 Å². The zero-order valence-electron chi connectivity index (χ0n) is 14.2. The Morgan fingerprint density at radius 3 is 2.42 bits per heavy atom. The van der Waals surface area contributed by atoms with Gasteiger partial charge in [0.25, 0.3) is 5.69 Å². The summed E-state index contributed by atoms with van der Waals surface area (Å²) in [6.45, 7) is 6.63. The van der Waals surface area contributed by atoms with E-state index in [0.29, 0.717) is 44.3 Å². The van der Waals surface area contributed by atoms with Crippen LogP contribution < -0.4 is 5.32 Å². The Hall–Kier alpha value is -1.71. The molecule has 0 aliphatic carbocycles. The first kappa shape index (κ1) is 18.6. The zero-order valence-corrected chi connectivity index (χ0v) is 15.0. The highest BCUT2D eigenvalue weighted by Gasteiger charge is 2.29. The molecule has 2 rings (SSSR count). The highest BCUT2D eigenvalue weighted by molar-refractivity contribution is 7.89. The Kier molecular flexibility index (Phi) is 5.79. The van der Waals surface area contributed by atoms with Crippen molar-refractivity contribution in [2.45, 2.75) is 18.7 Å². The van der Waals surface area contributed by atoms with Gasteiger partial charge in [-0.3, -0.25) is 10.1 Å². The van der Waals surface area contributed by atoms with Crippen LogP contribution in [0.4, 0.5) is 11.4 Å². The molecule has 1 fully saturated rings. The fourth-order valence-electron chi connectivity index (χ4n) is 2.46. The van der Waals surface area contributed by atoms with E-state index >= 15 is 0 Å². The molecule has 1 N–H and O–H groups in total. The predicted molar refractivity (Wildman–Crippen MR) is 92.7 cm³/mol. The highest BCUT2D eigenvalue weighted by atomic mass is 32.2. The van der Waals surface area contributed by atoms with Gasteiger partial charge in [-0.05, 0) is 25.1 Å².